The molecule has 5 nitrogen and oxygen atoms in total. The van der Waals surface area contributed by atoms with Gasteiger partial charge in [-0.3, -0.25) is 4.79 Å². The first kappa shape index (κ1) is 13.4. The molecule has 1 aromatic carbocycles. The van der Waals surface area contributed by atoms with Crippen LogP contribution in [0.2, 0.25) is 5.02 Å². The van der Waals surface area contributed by atoms with Crippen molar-refractivity contribution in [2.75, 3.05) is 24.5 Å². The molecule has 1 fully saturated rings. The smallest absolute Gasteiger partial charge is 0.328 e. The summed E-state index contributed by atoms with van der Waals surface area (Å²) in [5.74, 6) is -1.04. The van der Waals surface area contributed by atoms with Crippen LogP contribution in [-0.2, 0) is 9.59 Å². The third kappa shape index (κ3) is 3.48. The predicted molar refractivity (Wildman–Crippen MR) is 73.3 cm³/mol. The van der Waals surface area contributed by atoms with E-state index in [1.807, 2.05) is 4.90 Å². The van der Waals surface area contributed by atoms with Gasteiger partial charge >= 0.3 is 5.97 Å². The van der Waals surface area contributed by atoms with E-state index in [1.165, 1.54) is 6.08 Å². The van der Waals surface area contributed by atoms with Crippen molar-refractivity contribution < 1.29 is 14.7 Å². The molecule has 19 heavy (non-hydrogen) atoms. The van der Waals surface area contributed by atoms with Gasteiger partial charge in [-0.25, -0.2) is 4.79 Å². The van der Waals surface area contributed by atoms with Crippen LogP contribution in [0.25, 0.3) is 6.08 Å². The Morgan fingerprint density at radius 3 is 2.89 bits per heavy atom. The minimum Gasteiger partial charge on any atom is -0.478 e. The highest BCUT2D eigenvalue weighted by Crippen LogP contribution is 2.27. The van der Waals surface area contributed by atoms with Crippen LogP contribution in [0, 0.1) is 0 Å². The van der Waals surface area contributed by atoms with E-state index < -0.39 is 5.97 Å². The number of carbonyl (C=O) groups excluding carboxylic acids is 1. The molecule has 1 amide bonds. The van der Waals surface area contributed by atoms with E-state index in [4.69, 9.17) is 16.7 Å². The minimum atomic E-state index is -1.01. The number of hydrogen-bond acceptors (Lipinski definition) is 3. The number of carboxylic acids is 1. The Hall–Kier alpha value is -2.01. The Morgan fingerprint density at radius 1 is 1.47 bits per heavy atom. The van der Waals surface area contributed by atoms with Crippen molar-refractivity contribution in [2.24, 2.45) is 0 Å². The molecule has 0 atom stereocenters. The van der Waals surface area contributed by atoms with E-state index >= 15 is 0 Å². The number of benzene rings is 1. The second-order valence-electron chi connectivity index (χ2n) is 4.15. The van der Waals surface area contributed by atoms with E-state index in [1.54, 1.807) is 18.2 Å². The van der Waals surface area contributed by atoms with Crippen LogP contribution in [0.15, 0.2) is 24.3 Å². The lowest BCUT2D eigenvalue weighted by molar-refractivity contribution is -0.131. The van der Waals surface area contributed by atoms with Crippen LogP contribution < -0.4 is 10.2 Å². The number of nitrogens with zero attached hydrogens (tertiary/aromatic N) is 1. The Kier molecular flexibility index (Phi) is 4.06. The largest absolute Gasteiger partial charge is 0.478 e. The molecule has 1 aliphatic rings. The Bertz CT molecular complexity index is 543. The molecule has 2 rings (SSSR count). The molecule has 0 saturated carbocycles. The van der Waals surface area contributed by atoms with Crippen molar-refractivity contribution in [1.29, 1.82) is 0 Å². The van der Waals surface area contributed by atoms with Gasteiger partial charge in [0.15, 0.2) is 0 Å². The van der Waals surface area contributed by atoms with E-state index in [2.05, 4.69) is 5.32 Å². The monoisotopic (exact) mass is 280 g/mol. The molecule has 0 spiro atoms. The summed E-state index contributed by atoms with van der Waals surface area (Å²) in [6.07, 6.45) is 2.53. The lowest BCUT2D eigenvalue weighted by atomic mass is 10.1. The zero-order chi connectivity index (χ0) is 13.8. The fourth-order valence-corrected chi connectivity index (χ4v) is 2.20. The quantitative estimate of drug-likeness (QED) is 0.821. The highest BCUT2D eigenvalue weighted by molar-refractivity contribution is 6.33. The standard InChI is InChI=1S/C13H13ClN2O3/c14-10-7-9(2-4-13(18)19)1-3-11(10)16-6-5-15-12(17)8-16/h1-4,7H,5-6,8H2,(H,15,17)(H,18,19)/b4-2+. The third-order valence-corrected chi connectivity index (χ3v) is 3.07. The lowest BCUT2D eigenvalue weighted by Gasteiger charge is -2.29. The van der Waals surface area contributed by atoms with Crippen molar-refractivity contribution in [2.45, 2.75) is 0 Å². The SMILES string of the molecule is O=C(O)/C=C/c1ccc(N2CCNC(=O)C2)c(Cl)c1. The number of hydrogen-bond donors (Lipinski definition) is 2. The van der Waals surface area contributed by atoms with Gasteiger partial charge < -0.3 is 15.3 Å². The van der Waals surface area contributed by atoms with Crippen LogP contribution in [-0.4, -0.2) is 36.6 Å². The summed E-state index contributed by atoms with van der Waals surface area (Å²) in [6.45, 7) is 1.58. The maximum atomic E-state index is 11.3. The summed E-state index contributed by atoms with van der Waals surface area (Å²) in [5.41, 5.74) is 1.49. The van der Waals surface area contributed by atoms with Gasteiger partial charge in [-0.15, -0.1) is 0 Å². The topological polar surface area (TPSA) is 69.6 Å². The molecule has 6 heteroatoms. The average molecular weight is 281 g/mol. The van der Waals surface area contributed by atoms with E-state index in [-0.39, 0.29) is 12.5 Å². The highest BCUT2D eigenvalue weighted by atomic mass is 35.5. The molecule has 1 aromatic rings. The molecular formula is C13H13ClN2O3. The second-order valence-corrected chi connectivity index (χ2v) is 4.56. The van der Waals surface area contributed by atoms with Crippen molar-refractivity contribution in [3.63, 3.8) is 0 Å². The van der Waals surface area contributed by atoms with Crippen LogP contribution >= 0.6 is 11.6 Å². The first-order valence-electron chi connectivity index (χ1n) is 5.78. The summed E-state index contributed by atoms with van der Waals surface area (Å²) >= 11 is 6.17. The summed E-state index contributed by atoms with van der Waals surface area (Å²) in [7, 11) is 0. The van der Waals surface area contributed by atoms with Crippen LogP contribution in [0.4, 0.5) is 5.69 Å². The van der Waals surface area contributed by atoms with E-state index in [0.29, 0.717) is 23.7 Å². The zero-order valence-corrected chi connectivity index (χ0v) is 10.9. The van der Waals surface area contributed by atoms with Gasteiger partial charge in [-0.2, -0.15) is 0 Å². The van der Waals surface area contributed by atoms with Crippen molar-refractivity contribution >= 4 is 35.2 Å². The molecule has 1 saturated heterocycles. The molecule has 0 unspecified atom stereocenters. The van der Waals surface area contributed by atoms with Crippen LogP contribution in [0.3, 0.4) is 0 Å². The molecular weight excluding hydrogens is 268 g/mol. The molecule has 1 aliphatic heterocycles. The highest BCUT2D eigenvalue weighted by Gasteiger charge is 2.18. The predicted octanol–water partition coefficient (Wildman–Crippen LogP) is 1.37. The molecule has 0 aromatic heterocycles. The number of anilines is 1. The number of piperazine rings is 1. The fourth-order valence-electron chi connectivity index (χ4n) is 1.90. The molecule has 2 N–H and O–H groups in total. The van der Waals surface area contributed by atoms with E-state index in [9.17, 15) is 9.59 Å². The normalized spacial score (nSPS) is 15.6. The molecule has 1 heterocycles. The van der Waals surface area contributed by atoms with Gasteiger partial charge in [0.25, 0.3) is 0 Å². The lowest BCUT2D eigenvalue weighted by Crippen LogP contribution is -2.47. The molecule has 0 aliphatic carbocycles. The fraction of sp³-hybridized carbons (Fsp3) is 0.231. The second kappa shape index (κ2) is 5.75. The first-order chi connectivity index (χ1) is 9.06. The number of aliphatic carboxylic acids is 1. The number of halogens is 1. The minimum absolute atomic E-state index is 0.0304. The summed E-state index contributed by atoms with van der Waals surface area (Å²) in [6, 6.07) is 5.25. The van der Waals surface area contributed by atoms with Crippen LogP contribution in [0.5, 0.6) is 0 Å². The Balaban J connectivity index is 2.19. The summed E-state index contributed by atoms with van der Waals surface area (Å²) in [4.78, 5) is 23.7. The van der Waals surface area contributed by atoms with Crippen molar-refractivity contribution in [3.8, 4) is 0 Å². The maximum Gasteiger partial charge on any atom is 0.328 e. The zero-order valence-electron chi connectivity index (χ0n) is 10.1. The average Bonchev–Trinajstić information content (AvgIpc) is 2.36. The third-order valence-electron chi connectivity index (χ3n) is 2.77. The van der Waals surface area contributed by atoms with Crippen LogP contribution in [0.1, 0.15) is 5.56 Å². The van der Waals surface area contributed by atoms with Gasteiger partial charge in [-0.05, 0) is 23.8 Å². The van der Waals surface area contributed by atoms with Gasteiger partial charge in [0.1, 0.15) is 0 Å². The summed E-state index contributed by atoms with van der Waals surface area (Å²) < 4.78 is 0. The van der Waals surface area contributed by atoms with Gasteiger partial charge in [-0.1, -0.05) is 17.7 Å². The molecule has 0 bridgehead atoms. The molecule has 100 valence electrons. The number of amides is 1. The van der Waals surface area contributed by atoms with Gasteiger partial charge in [0.2, 0.25) is 5.91 Å². The Morgan fingerprint density at radius 2 is 2.26 bits per heavy atom. The van der Waals surface area contributed by atoms with Crippen molar-refractivity contribution in [1.82, 2.24) is 5.32 Å². The number of rotatable bonds is 3. The van der Waals surface area contributed by atoms with Crippen molar-refractivity contribution in [3.05, 3.63) is 34.9 Å². The number of nitrogens with one attached hydrogen (secondary N) is 1. The van der Waals surface area contributed by atoms with Gasteiger partial charge in [0.05, 0.1) is 17.3 Å². The first-order valence-corrected chi connectivity index (χ1v) is 6.16. The number of carbonyl (C=O) groups is 2. The van der Waals surface area contributed by atoms with Gasteiger partial charge in [0, 0.05) is 19.2 Å². The van der Waals surface area contributed by atoms with E-state index in [0.717, 1.165) is 11.8 Å². The molecule has 0 radical (unpaired) electrons. The Labute approximate surface area is 115 Å². The number of carboxylic acid groups (broad SMARTS) is 1. The maximum absolute atomic E-state index is 11.3. The summed E-state index contributed by atoms with van der Waals surface area (Å²) in [5, 5.41) is 11.8.